The zero-order chi connectivity index (χ0) is 16.4. The Bertz CT molecular complexity index is 628. The Morgan fingerprint density at radius 2 is 2.00 bits per heavy atom. The van der Waals surface area contributed by atoms with Crippen LogP contribution < -0.4 is 20.5 Å². The Kier molecular flexibility index (Phi) is 4.30. The summed E-state index contributed by atoms with van der Waals surface area (Å²) in [5, 5.41) is 13.8. The van der Waals surface area contributed by atoms with E-state index < -0.39 is 4.92 Å². The molecule has 9 nitrogen and oxygen atoms in total. The number of nitrogens with zero attached hydrogens (tertiary/aromatic N) is 2. The van der Waals surface area contributed by atoms with Gasteiger partial charge in [0.05, 0.1) is 17.5 Å². The molecule has 9 heteroatoms. The predicted octanol–water partition coefficient (Wildman–Crippen LogP) is 0.685. The van der Waals surface area contributed by atoms with Gasteiger partial charge in [-0.1, -0.05) is 0 Å². The van der Waals surface area contributed by atoms with Gasteiger partial charge in [0.2, 0.25) is 12.7 Å². The van der Waals surface area contributed by atoms with Crippen LogP contribution >= 0.6 is 0 Å². The molecular formula is C14H18N4O5. The number of benzene rings is 1. The first-order valence-electron chi connectivity index (χ1n) is 7.39. The maximum atomic E-state index is 12.2. The van der Waals surface area contributed by atoms with Crippen molar-refractivity contribution in [2.45, 2.75) is 18.9 Å². The van der Waals surface area contributed by atoms with Gasteiger partial charge in [0.1, 0.15) is 5.69 Å². The number of amides is 1. The van der Waals surface area contributed by atoms with E-state index in [4.69, 9.17) is 15.2 Å². The number of likely N-dealkylation sites (tertiary alicyclic amines) is 1. The third kappa shape index (κ3) is 3.51. The summed E-state index contributed by atoms with van der Waals surface area (Å²) in [4.78, 5) is 24.7. The number of carbonyl (C=O) groups is 1. The van der Waals surface area contributed by atoms with Gasteiger partial charge in [-0.15, -0.1) is 0 Å². The van der Waals surface area contributed by atoms with E-state index in [2.05, 4.69) is 5.32 Å². The van der Waals surface area contributed by atoms with E-state index in [1.165, 1.54) is 12.1 Å². The molecule has 0 aliphatic carbocycles. The number of hydrogen-bond acceptors (Lipinski definition) is 7. The Balaban J connectivity index is 1.69. The average Bonchev–Trinajstić information content (AvgIpc) is 2.96. The highest BCUT2D eigenvalue weighted by molar-refractivity contribution is 5.95. The van der Waals surface area contributed by atoms with Gasteiger partial charge in [-0.2, -0.15) is 0 Å². The van der Waals surface area contributed by atoms with Gasteiger partial charge in [-0.3, -0.25) is 19.8 Å². The minimum absolute atomic E-state index is 0.0118. The van der Waals surface area contributed by atoms with Crippen molar-refractivity contribution in [3.05, 3.63) is 22.2 Å². The van der Waals surface area contributed by atoms with Crippen molar-refractivity contribution in [3.63, 3.8) is 0 Å². The zero-order valence-corrected chi connectivity index (χ0v) is 12.5. The van der Waals surface area contributed by atoms with Crippen molar-refractivity contribution < 1.29 is 19.2 Å². The predicted molar refractivity (Wildman–Crippen MR) is 81.5 cm³/mol. The minimum atomic E-state index is -0.558. The largest absolute Gasteiger partial charge is 0.454 e. The molecule has 1 saturated heterocycles. The van der Waals surface area contributed by atoms with Crippen LogP contribution in [0, 0.1) is 10.1 Å². The second-order valence-electron chi connectivity index (χ2n) is 5.64. The smallest absolute Gasteiger partial charge is 0.296 e. The number of anilines is 1. The summed E-state index contributed by atoms with van der Waals surface area (Å²) in [5.41, 5.74) is 5.72. The van der Waals surface area contributed by atoms with Crippen molar-refractivity contribution in [1.82, 2.24) is 4.90 Å². The molecule has 2 aliphatic rings. The van der Waals surface area contributed by atoms with E-state index in [9.17, 15) is 14.9 Å². The Morgan fingerprint density at radius 1 is 1.35 bits per heavy atom. The molecule has 3 N–H and O–H groups in total. The topological polar surface area (TPSA) is 120 Å². The fourth-order valence-electron chi connectivity index (χ4n) is 2.69. The molecular weight excluding hydrogens is 304 g/mol. The summed E-state index contributed by atoms with van der Waals surface area (Å²) in [7, 11) is 0. The van der Waals surface area contributed by atoms with E-state index in [0.29, 0.717) is 11.5 Å². The highest BCUT2D eigenvalue weighted by Crippen LogP contribution is 2.40. The van der Waals surface area contributed by atoms with Gasteiger partial charge < -0.3 is 20.5 Å². The maximum absolute atomic E-state index is 12.2. The SMILES string of the molecule is NC1CCN(CC(=O)Nc2cc3c(cc2[N+](=O)[O-])OCO3)CC1. The minimum Gasteiger partial charge on any atom is -0.454 e. The number of piperidine rings is 1. The summed E-state index contributed by atoms with van der Waals surface area (Å²) < 4.78 is 10.3. The van der Waals surface area contributed by atoms with Gasteiger partial charge >= 0.3 is 0 Å². The van der Waals surface area contributed by atoms with Gasteiger partial charge in [-0.25, -0.2) is 0 Å². The van der Waals surface area contributed by atoms with Crippen LogP contribution in [0.3, 0.4) is 0 Å². The van der Waals surface area contributed by atoms with Gasteiger partial charge in [0.15, 0.2) is 11.5 Å². The Hall–Kier alpha value is -2.39. The molecule has 1 fully saturated rings. The van der Waals surface area contributed by atoms with Crippen LogP contribution in [0.15, 0.2) is 12.1 Å². The van der Waals surface area contributed by atoms with Gasteiger partial charge in [-0.05, 0) is 12.8 Å². The second kappa shape index (κ2) is 6.39. The third-order valence-corrected chi connectivity index (χ3v) is 3.96. The molecule has 23 heavy (non-hydrogen) atoms. The molecule has 0 saturated carbocycles. The molecule has 3 rings (SSSR count). The van der Waals surface area contributed by atoms with Crippen LogP contribution in [-0.4, -0.2) is 48.2 Å². The molecule has 1 aromatic rings. The van der Waals surface area contributed by atoms with Crippen molar-refractivity contribution in [3.8, 4) is 11.5 Å². The molecule has 0 unspecified atom stereocenters. The van der Waals surface area contributed by atoms with Crippen LogP contribution in [-0.2, 0) is 4.79 Å². The summed E-state index contributed by atoms with van der Waals surface area (Å²) in [5.74, 6) is 0.386. The lowest BCUT2D eigenvalue weighted by molar-refractivity contribution is -0.384. The number of carbonyl (C=O) groups excluding carboxylic acids is 1. The van der Waals surface area contributed by atoms with Crippen molar-refractivity contribution in [2.24, 2.45) is 5.73 Å². The maximum Gasteiger partial charge on any atom is 0.296 e. The monoisotopic (exact) mass is 322 g/mol. The second-order valence-corrected chi connectivity index (χ2v) is 5.64. The third-order valence-electron chi connectivity index (χ3n) is 3.96. The quantitative estimate of drug-likeness (QED) is 0.618. The number of fused-ring (bicyclic) bond motifs is 1. The van der Waals surface area contributed by atoms with E-state index in [1.807, 2.05) is 4.90 Å². The molecule has 0 atom stereocenters. The molecule has 124 valence electrons. The summed E-state index contributed by atoms with van der Waals surface area (Å²) in [6.07, 6.45) is 1.69. The van der Waals surface area contributed by atoms with Gasteiger partial charge in [0.25, 0.3) is 5.69 Å². The highest BCUT2D eigenvalue weighted by atomic mass is 16.7. The van der Waals surface area contributed by atoms with Crippen LogP contribution in [0.2, 0.25) is 0 Å². The first-order chi connectivity index (χ1) is 11.0. The number of nitrogens with two attached hydrogens (primary N) is 1. The molecule has 1 amide bonds. The number of nitrogens with one attached hydrogen (secondary N) is 1. The zero-order valence-electron chi connectivity index (χ0n) is 12.5. The number of nitro benzene ring substituents is 1. The fraction of sp³-hybridized carbons (Fsp3) is 0.500. The summed E-state index contributed by atoms with van der Waals surface area (Å²) >= 11 is 0. The van der Waals surface area contributed by atoms with Crippen LogP contribution in [0.1, 0.15) is 12.8 Å². The van der Waals surface area contributed by atoms with Crippen molar-refractivity contribution >= 4 is 17.3 Å². The molecule has 0 spiro atoms. The fourth-order valence-corrected chi connectivity index (χ4v) is 2.69. The van der Waals surface area contributed by atoms with Gasteiger partial charge in [0, 0.05) is 25.2 Å². The normalized spacial score (nSPS) is 18.0. The number of rotatable bonds is 4. The standard InChI is InChI=1S/C14H18N4O5/c15-9-1-3-17(4-2-9)7-14(19)16-10-5-12-13(23-8-22-12)6-11(10)18(20)21/h5-6,9H,1-4,7-8,15H2,(H,16,19). The van der Waals surface area contributed by atoms with Crippen LogP contribution in [0.25, 0.3) is 0 Å². The summed E-state index contributed by atoms with van der Waals surface area (Å²) in [6, 6.07) is 2.87. The lowest BCUT2D eigenvalue weighted by Crippen LogP contribution is -2.43. The molecule has 0 bridgehead atoms. The Morgan fingerprint density at radius 3 is 2.65 bits per heavy atom. The van der Waals surface area contributed by atoms with E-state index in [1.54, 1.807) is 0 Å². The Labute approximate surface area is 132 Å². The van der Waals surface area contributed by atoms with Crippen molar-refractivity contribution in [1.29, 1.82) is 0 Å². The van der Waals surface area contributed by atoms with E-state index in [-0.39, 0.29) is 36.7 Å². The lowest BCUT2D eigenvalue weighted by atomic mass is 10.1. The van der Waals surface area contributed by atoms with Crippen LogP contribution in [0.5, 0.6) is 11.5 Å². The molecule has 2 aliphatic heterocycles. The average molecular weight is 322 g/mol. The number of hydrogen-bond donors (Lipinski definition) is 2. The number of ether oxygens (including phenoxy) is 2. The molecule has 1 aromatic carbocycles. The number of nitro groups is 1. The van der Waals surface area contributed by atoms with Crippen LogP contribution in [0.4, 0.5) is 11.4 Å². The first kappa shape index (κ1) is 15.5. The van der Waals surface area contributed by atoms with Crippen molar-refractivity contribution in [2.75, 3.05) is 31.7 Å². The van der Waals surface area contributed by atoms with E-state index >= 15 is 0 Å². The molecule has 0 radical (unpaired) electrons. The first-order valence-corrected chi connectivity index (χ1v) is 7.39. The highest BCUT2D eigenvalue weighted by Gasteiger charge is 2.25. The van der Waals surface area contributed by atoms with E-state index in [0.717, 1.165) is 25.9 Å². The lowest BCUT2D eigenvalue weighted by Gasteiger charge is -2.29. The molecule has 2 heterocycles. The summed E-state index contributed by atoms with van der Waals surface area (Å²) in [6.45, 7) is 1.69. The molecule has 0 aromatic heterocycles.